The number of benzene rings is 1. The van der Waals surface area contributed by atoms with Gasteiger partial charge in [-0.2, -0.15) is 5.10 Å². The second-order valence-electron chi connectivity index (χ2n) is 2.17. The van der Waals surface area contributed by atoms with E-state index in [2.05, 4.69) is 5.10 Å². The van der Waals surface area contributed by atoms with Gasteiger partial charge in [0.1, 0.15) is 0 Å². The predicted molar refractivity (Wildman–Crippen MR) is 45.2 cm³/mol. The molecule has 0 amide bonds. The van der Waals surface area contributed by atoms with Gasteiger partial charge in [-0.1, -0.05) is 18.2 Å². The summed E-state index contributed by atoms with van der Waals surface area (Å²) < 4.78 is 0. The maximum Gasteiger partial charge on any atom is 0.336 e. The molecule has 0 radical (unpaired) electrons. The van der Waals surface area contributed by atoms with Crippen molar-refractivity contribution in [2.45, 2.75) is 0 Å². The summed E-state index contributed by atoms with van der Waals surface area (Å²) in [7, 11) is 0. The first-order valence-electron chi connectivity index (χ1n) is 3.31. The zero-order valence-electron chi connectivity index (χ0n) is 6.27. The van der Waals surface area contributed by atoms with Crippen molar-refractivity contribution >= 4 is 12.2 Å². The molecule has 62 valence electrons. The van der Waals surface area contributed by atoms with Crippen molar-refractivity contribution in [2.24, 2.45) is 10.9 Å². The minimum Gasteiger partial charge on any atom is -0.478 e. The molecule has 0 saturated carbocycles. The number of hydrazone groups is 1. The summed E-state index contributed by atoms with van der Waals surface area (Å²) in [4.78, 5) is 10.6. The first-order valence-corrected chi connectivity index (χ1v) is 3.31. The van der Waals surface area contributed by atoms with Crippen molar-refractivity contribution in [3.8, 4) is 0 Å². The standard InChI is InChI=1S/C8H8N2O2/c9-10-5-6-3-1-2-4-7(6)8(11)12/h1-5H,9H2,(H,11,12). The molecule has 0 aliphatic heterocycles. The summed E-state index contributed by atoms with van der Waals surface area (Å²) in [6.07, 6.45) is 1.31. The largest absolute Gasteiger partial charge is 0.478 e. The molecule has 3 N–H and O–H groups in total. The van der Waals surface area contributed by atoms with Crippen LogP contribution in [0.5, 0.6) is 0 Å². The highest BCUT2D eigenvalue weighted by Crippen LogP contribution is 2.05. The fourth-order valence-electron chi connectivity index (χ4n) is 0.885. The van der Waals surface area contributed by atoms with E-state index in [0.29, 0.717) is 5.56 Å². The van der Waals surface area contributed by atoms with Crippen LogP contribution in [-0.4, -0.2) is 17.3 Å². The molecule has 0 fully saturated rings. The topological polar surface area (TPSA) is 75.7 Å². The molecule has 0 aliphatic carbocycles. The normalized spacial score (nSPS) is 10.3. The van der Waals surface area contributed by atoms with Crippen molar-refractivity contribution in [2.75, 3.05) is 0 Å². The van der Waals surface area contributed by atoms with Gasteiger partial charge in [0.05, 0.1) is 11.8 Å². The number of rotatable bonds is 2. The lowest BCUT2D eigenvalue weighted by Gasteiger charge is -1.97. The molecule has 1 aromatic carbocycles. The van der Waals surface area contributed by atoms with Gasteiger partial charge < -0.3 is 10.9 Å². The van der Waals surface area contributed by atoms with Crippen molar-refractivity contribution in [3.63, 3.8) is 0 Å². The van der Waals surface area contributed by atoms with E-state index < -0.39 is 5.97 Å². The molecular weight excluding hydrogens is 156 g/mol. The lowest BCUT2D eigenvalue weighted by Crippen LogP contribution is -2.01. The fraction of sp³-hybridized carbons (Fsp3) is 0. The number of hydrogen-bond donors (Lipinski definition) is 2. The van der Waals surface area contributed by atoms with Crippen molar-refractivity contribution in [3.05, 3.63) is 35.4 Å². The summed E-state index contributed by atoms with van der Waals surface area (Å²) in [6, 6.07) is 6.51. The van der Waals surface area contributed by atoms with E-state index in [1.807, 2.05) is 0 Å². The summed E-state index contributed by atoms with van der Waals surface area (Å²) in [6.45, 7) is 0. The van der Waals surface area contributed by atoms with E-state index in [1.165, 1.54) is 12.3 Å². The summed E-state index contributed by atoms with van der Waals surface area (Å²) in [5.74, 6) is 3.93. The van der Waals surface area contributed by atoms with Gasteiger partial charge >= 0.3 is 5.97 Å². The molecule has 1 aromatic rings. The molecular formula is C8H8N2O2. The molecule has 0 saturated heterocycles. The average molecular weight is 164 g/mol. The van der Waals surface area contributed by atoms with Crippen LogP contribution in [0, 0.1) is 0 Å². The van der Waals surface area contributed by atoms with E-state index in [1.54, 1.807) is 18.2 Å². The van der Waals surface area contributed by atoms with Gasteiger partial charge in [0.2, 0.25) is 0 Å². The number of nitrogens with two attached hydrogens (primary N) is 1. The van der Waals surface area contributed by atoms with Crippen LogP contribution in [0.25, 0.3) is 0 Å². The van der Waals surface area contributed by atoms with Crippen molar-refractivity contribution < 1.29 is 9.90 Å². The molecule has 12 heavy (non-hydrogen) atoms. The summed E-state index contributed by atoms with van der Waals surface area (Å²) in [5, 5.41) is 12.0. The van der Waals surface area contributed by atoms with Gasteiger partial charge in [0.25, 0.3) is 0 Å². The number of carboxylic acids is 1. The van der Waals surface area contributed by atoms with Gasteiger partial charge in [-0.25, -0.2) is 4.79 Å². The maximum atomic E-state index is 10.6. The van der Waals surface area contributed by atoms with E-state index in [9.17, 15) is 4.79 Å². The van der Waals surface area contributed by atoms with Crippen LogP contribution < -0.4 is 5.84 Å². The number of nitrogens with zero attached hydrogens (tertiary/aromatic N) is 1. The Hall–Kier alpha value is -1.84. The van der Waals surface area contributed by atoms with E-state index in [-0.39, 0.29) is 5.56 Å². The van der Waals surface area contributed by atoms with Gasteiger partial charge in [-0.15, -0.1) is 0 Å². The highest BCUT2D eigenvalue weighted by Gasteiger charge is 2.05. The third-order valence-electron chi connectivity index (χ3n) is 1.40. The zero-order valence-corrected chi connectivity index (χ0v) is 6.27. The Bertz CT molecular complexity index is 321. The molecule has 1 rings (SSSR count). The Labute approximate surface area is 69.3 Å². The number of carboxylic acid groups (broad SMARTS) is 1. The minimum atomic E-state index is -0.981. The van der Waals surface area contributed by atoms with Crippen molar-refractivity contribution in [1.82, 2.24) is 0 Å². The highest BCUT2D eigenvalue weighted by atomic mass is 16.4. The van der Waals surface area contributed by atoms with Gasteiger partial charge in [-0.3, -0.25) is 0 Å². The first-order chi connectivity index (χ1) is 5.75. The fourth-order valence-corrected chi connectivity index (χ4v) is 0.885. The van der Waals surface area contributed by atoms with Crippen LogP contribution in [0.2, 0.25) is 0 Å². The molecule has 0 aromatic heterocycles. The second kappa shape index (κ2) is 3.52. The third kappa shape index (κ3) is 1.60. The monoisotopic (exact) mass is 164 g/mol. The molecule has 0 bridgehead atoms. The Balaban J connectivity index is 3.17. The highest BCUT2D eigenvalue weighted by molar-refractivity contribution is 5.98. The first kappa shape index (κ1) is 8.26. The Morgan fingerprint density at radius 3 is 2.75 bits per heavy atom. The second-order valence-corrected chi connectivity index (χ2v) is 2.17. The van der Waals surface area contributed by atoms with Gasteiger partial charge in [0.15, 0.2) is 0 Å². The molecule has 4 nitrogen and oxygen atoms in total. The van der Waals surface area contributed by atoms with E-state index in [0.717, 1.165) is 0 Å². The third-order valence-corrected chi connectivity index (χ3v) is 1.40. The molecule has 0 heterocycles. The van der Waals surface area contributed by atoms with Crippen LogP contribution in [0.15, 0.2) is 29.4 Å². The number of aromatic carboxylic acids is 1. The molecule has 4 heteroatoms. The van der Waals surface area contributed by atoms with Crippen LogP contribution in [-0.2, 0) is 0 Å². The zero-order chi connectivity index (χ0) is 8.97. The van der Waals surface area contributed by atoms with Crippen LogP contribution in [0.3, 0.4) is 0 Å². The van der Waals surface area contributed by atoms with Gasteiger partial charge in [-0.05, 0) is 6.07 Å². The summed E-state index contributed by atoms with van der Waals surface area (Å²) in [5.41, 5.74) is 0.708. The van der Waals surface area contributed by atoms with Crippen LogP contribution in [0.4, 0.5) is 0 Å². The van der Waals surface area contributed by atoms with E-state index in [4.69, 9.17) is 10.9 Å². The Morgan fingerprint density at radius 1 is 1.50 bits per heavy atom. The van der Waals surface area contributed by atoms with Gasteiger partial charge in [0, 0.05) is 5.56 Å². The molecule has 0 atom stereocenters. The SMILES string of the molecule is NN=Cc1ccccc1C(=O)O. The van der Waals surface area contributed by atoms with Crippen LogP contribution >= 0.6 is 0 Å². The number of hydrogen-bond acceptors (Lipinski definition) is 3. The van der Waals surface area contributed by atoms with Crippen molar-refractivity contribution in [1.29, 1.82) is 0 Å². The smallest absolute Gasteiger partial charge is 0.336 e. The molecule has 0 unspecified atom stereocenters. The lowest BCUT2D eigenvalue weighted by atomic mass is 10.1. The van der Waals surface area contributed by atoms with E-state index >= 15 is 0 Å². The lowest BCUT2D eigenvalue weighted by molar-refractivity contribution is 0.0697. The summed E-state index contributed by atoms with van der Waals surface area (Å²) >= 11 is 0. The minimum absolute atomic E-state index is 0.201. The quantitative estimate of drug-likeness (QED) is 0.383. The number of carbonyl (C=O) groups is 1. The molecule has 0 spiro atoms. The van der Waals surface area contributed by atoms with Crippen LogP contribution in [0.1, 0.15) is 15.9 Å². The Morgan fingerprint density at radius 2 is 2.17 bits per heavy atom. The molecule has 0 aliphatic rings. The maximum absolute atomic E-state index is 10.6. The predicted octanol–water partition coefficient (Wildman–Crippen LogP) is 0.677. The Kier molecular flexibility index (Phi) is 2.42. The average Bonchev–Trinajstić information content (AvgIpc) is 2.05.